The van der Waals surface area contributed by atoms with Gasteiger partial charge in [0, 0.05) is 19.6 Å². The van der Waals surface area contributed by atoms with Gasteiger partial charge in [0.1, 0.15) is 5.82 Å². The summed E-state index contributed by atoms with van der Waals surface area (Å²) in [5.74, 6) is 0.402. The topological polar surface area (TPSA) is 63.4 Å². The van der Waals surface area contributed by atoms with E-state index < -0.39 is 15.8 Å². The van der Waals surface area contributed by atoms with E-state index in [1.54, 1.807) is 0 Å². The first-order chi connectivity index (χ1) is 9.52. The smallest absolute Gasteiger partial charge is 0.243 e. The van der Waals surface area contributed by atoms with E-state index >= 15 is 0 Å². The van der Waals surface area contributed by atoms with Crippen LogP contribution in [0.2, 0.25) is 0 Å². The summed E-state index contributed by atoms with van der Waals surface area (Å²) >= 11 is 0. The number of hydrogen-bond donors (Lipinski definition) is 1. The number of halogens is 1. The zero-order valence-electron chi connectivity index (χ0n) is 11.3. The summed E-state index contributed by atoms with van der Waals surface area (Å²) in [7, 11) is -3.63. The van der Waals surface area contributed by atoms with E-state index in [4.69, 9.17) is 5.73 Å². The van der Waals surface area contributed by atoms with E-state index in [2.05, 4.69) is 0 Å². The molecule has 2 atom stereocenters. The van der Waals surface area contributed by atoms with E-state index in [1.165, 1.54) is 22.9 Å². The zero-order valence-corrected chi connectivity index (χ0v) is 12.1. The van der Waals surface area contributed by atoms with Crippen LogP contribution < -0.4 is 5.73 Å². The third-order valence-electron chi connectivity index (χ3n) is 4.56. The highest BCUT2D eigenvalue weighted by Gasteiger charge is 2.41. The number of fused-ring (bicyclic) bond motifs is 1. The van der Waals surface area contributed by atoms with Gasteiger partial charge in [0.25, 0.3) is 0 Å². The molecule has 20 heavy (non-hydrogen) atoms. The number of nitrogens with two attached hydrogens (primary N) is 1. The van der Waals surface area contributed by atoms with Gasteiger partial charge in [-0.1, -0.05) is 12.5 Å². The molecule has 6 heteroatoms. The van der Waals surface area contributed by atoms with Gasteiger partial charge in [0.15, 0.2) is 0 Å². The SMILES string of the molecule is NCc1ccc(F)cc1S(=O)(=O)N1CC2CCCC2C1. The van der Waals surface area contributed by atoms with Crippen LogP contribution in [0.5, 0.6) is 0 Å². The van der Waals surface area contributed by atoms with E-state index in [1.807, 2.05) is 0 Å². The maximum Gasteiger partial charge on any atom is 0.243 e. The number of hydrogen-bond acceptors (Lipinski definition) is 3. The highest BCUT2D eigenvalue weighted by molar-refractivity contribution is 7.89. The Labute approximate surface area is 118 Å². The first kappa shape index (κ1) is 14.0. The molecular formula is C14H19FN2O2S. The first-order valence-electron chi connectivity index (χ1n) is 7.01. The molecule has 1 heterocycles. The molecule has 2 unspecified atom stereocenters. The Morgan fingerprint density at radius 3 is 2.50 bits per heavy atom. The van der Waals surface area contributed by atoms with Gasteiger partial charge in [-0.25, -0.2) is 12.8 Å². The van der Waals surface area contributed by atoms with Crippen molar-refractivity contribution in [3.8, 4) is 0 Å². The van der Waals surface area contributed by atoms with Crippen molar-refractivity contribution < 1.29 is 12.8 Å². The van der Waals surface area contributed by atoms with Gasteiger partial charge in [0.05, 0.1) is 4.90 Å². The van der Waals surface area contributed by atoms with Gasteiger partial charge in [-0.05, 0) is 42.4 Å². The fourth-order valence-electron chi connectivity index (χ4n) is 3.46. The van der Waals surface area contributed by atoms with Crippen molar-refractivity contribution in [2.75, 3.05) is 13.1 Å². The van der Waals surface area contributed by atoms with Gasteiger partial charge < -0.3 is 5.73 Å². The Bertz CT molecular complexity index is 606. The van der Waals surface area contributed by atoms with Crippen LogP contribution in [-0.4, -0.2) is 25.8 Å². The van der Waals surface area contributed by atoms with Crippen molar-refractivity contribution in [1.82, 2.24) is 4.31 Å². The minimum absolute atomic E-state index is 0.0278. The Morgan fingerprint density at radius 1 is 1.25 bits per heavy atom. The minimum atomic E-state index is -3.63. The molecule has 0 aromatic heterocycles. The zero-order chi connectivity index (χ0) is 14.3. The molecule has 2 N–H and O–H groups in total. The van der Waals surface area contributed by atoms with Crippen molar-refractivity contribution in [2.24, 2.45) is 17.6 Å². The molecule has 1 saturated carbocycles. The summed E-state index contributed by atoms with van der Waals surface area (Å²) in [4.78, 5) is 0.0278. The van der Waals surface area contributed by atoms with Gasteiger partial charge >= 0.3 is 0 Å². The molecule has 110 valence electrons. The summed E-state index contributed by atoms with van der Waals surface area (Å²) in [6.45, 7) is 1.22. The first-order valence-corrected chi connectivity index (χ1v) is 8.45. The molecule has 3 rings (SSSR count). The Kier molecular flexibility index (Phi) is 3.56. The van der Waals surface area contributed by atoms with Crippen molar-refractivity contribution in [1.29, 1.82) is 0 Å². The second kappa shape index (κ2) is 5.09. The molecule has 2 fully saturated rings. The van der Waals surface area contributed by atoms with E-state index in [0.717, 1.165) is 18.9 Å². The summed E-state index contributed by atoms with van der Waals surface area (Å²) in [5.41, 5.74) is 6.06. The molecule has 2 aliphatic rings. The van der Waals surface area contributed by atoms with Gasteiger partial charge in [0.2, 0.25) is 10.0 Å². The van der Waals surface area contributed by atoms with Crippen LogP contribution in [-0.2, 0) is 16.6 Å². The van der Waals surface area contributed by atoms with E-state index in [0.29, 0.717) is 30.5 Å². The maximum atomic E-state index is 13.4. The molecule has 4 nitrogen and oxygen atoms in total. The quantitative estimate of drug-likeness (QED) is 0.924. The summed E-state index contributed by atoms with van der Waals surface area (Å²) in [5, 5.41) is 0. The minimum Gasteiger partial charge on any atom is -0.326 e. The summed E-state index contributed by atoms with van der Waals surface area (Å²) < 4.78 is 40.3. The number of rotatable bonds is 3. The molecule has 1 aromatic carbocycles. The van der Waals surface area contributed by atoms with Crippen molar-refractivity contribution >= 4 is 10.0 Å². The van der Waals surface area contributed by atoms with E-state index in [9.17, 15) is 12.8 Å². The molecular weight excluding hydrogens is 279 g/mol. The molecule has 0 spiro atoms. The standard InChI is InChI=1S/C14H19FN2O2S/c15-13-5-4-10(7-16)14(6-13)20(18,19)17-8-11-2-1-3-12(11)9-17/h4-6,11-12H,1-3,7-9,16H2. The molecule has 0 bridgehead atoms. The molecule has 1 aliphatic carbocycles. The van der Waals surface area contributed by atoms with Crippen LogP contribution in [0.3, 0.4) is 0 Å². The molecule has 0 amide bonds. The fourth-order valence-corrected chi connectivity index (χ4v) is 5.26. The fraction of sp³-hybridized carbons (Fsp3) is 0.571. The number of sulfonamides is 1. The van der Waals surface area contributed by atoms with Crippen molar-refractivity contribution in [3.63, 3.8) is 0 Å². The monoisotopic (exact) mass is 298 g/mol. The Hall–Kier alpha value is -0.980. The molecule has 1 saturated heterocycles. The van der Waals surface area contributed by atoms with Crippen LogP contribution in [0.4, 0.5) is 4.39 Å². The predicted molar refractivity (Wildman–Crippen MR) is 73.9 cm³/mol. The normalized spacial score (nSPS) is 26.9. The molecule has 1 aromatic rings. The lowest BCUT2D eigenvalue weighted by Gasteiger charge is -2.19. The number of benzene rings is 1. The second-order valence-electron chi connectivity index (χ2n) is 5.73. The van der Waals surface area contributed by atoms with Crippen molar-refractivity contribution in [3.05, 3.63) is 29.6 Å². The summed E-state index contributed by atoms with van der Waals surface area (Å²) in [6, 6.07) is 3.80. The average Bonchev–Trinajstić information content (AvgIpc) is 2.99. The number of nitrogens with zero attached hydrogens (tertiary/aromatic N) is 1. The highest BCUT2D eigenvalue weighted by Crippen LogP contribution is 2.40. The largest absolute Gasteiger partial charge is 0.326 e. The Balaban J connectivity index is 1.94. The summed E-state index contributed by atoms with van der Waals surface area (Å²) in [6.07, 6.45) is 3.39. The maximum absolute atomic E-state index is 13.4. The third kappa shape index (κ3) is 2.25. The van der Waals surface area contributed by atoms with Crippen LogP contribution >= 0.6 is 0 Å². The van der Waals surface area contributed by atoms with Gasteiger partial charge in [-0.3, -0.25) is 0 Å². The Morgan fingerprint density at radius 2 is 1.90 bits per heavy atom. The lowest BCUT2D eigenvalue weighted by atomic mass is 10.0. The average molecular weight is 298 g/mol. The highest BCUT2D eigenvalue weighted by atomic mass is 32.2. The van der Waals surface area contributed by atoms with Crippen LogP contribution in [0.15, 0.2) is 23.1 Å². The second-order valence-corrected chi connectivity index (χ2v) is 7.64. The van der Waals surface area contributed by atoms with Crippen LogP contribution in [0.1, 0.15) is 24.8 Å². The molecule has 0 radical (unpaired) electrons. The lowest BCUT2D eigenvalue weighted by molar-refractivity contribution is 0.444. The van der Waals surface area contributed by atoms with Gasteiger partial charge in [-0.15, -0.1) is 0 Å². The van der Waals surface area contributed by atoms with Crippen LogP contribution in [0, 0.1) is 17.7 Å². The predicted octanol–water partition coefficient (Wildman–Crippen LogP) is 1.71. The molecule has 1 aliphatic heterocycles. The van der Waals surface area contributed by atoms with Crippen molar-refractivity contribution in [2.45, 2.75) is 30.7 Å². The third-order valence-corrected chi connectivity index (χ3v) is 6.47. The lowest BCUT2D eigenvalue weighted by Crippen LogP contribution is -2.30. The van der Waals surface area contributed by atoms with E-state index in [-0.39, 0.29) is 11.4 Å². The van der Waals surface area contributed by atoms with Crippen LogP contribution in [0.25, 0.3) is 0 Å². The van der Waals surface area contributed by atoms with Gasteiger partial charge in [-0.2, -0.15) is 4.31 Å².